The Morgan fingerprint density at radius 3 is 1.69 bits per heavy atom. The van der Waals surface area contributed by atoms with Gasteiger partial charge in [0.25, 0.3) is 0 Å². The van der Waals surface area contributed by atoms with Gasteiger partial charge in [0.05, 0.1) is 0 Å². The highest BCUT2D eigenvalue weighted by Gasteiger charge is 2.00. The van der Waals surface area contributed by atoms with Crippen molar-refractivity contribution in [2.24, 2.45) is 0 Å². The first-order chi connectivity index (χ1) is 7.56. The standard InChI is InChI=1S/C12H24O3S/c1-16(14,15)12-10-8-6-4-2-3-5-7-9-11-13/h11H,2-10,12H2,1H3. The van der Waals surface area contributed by atoms with E-state index < -0.39 is 9.84 Å². The molecule has 0 amide bonds. The molecule has 0 bridgehead atoms. The van der Waals surface area contributed by atoms with Gasteiger partial charge in [0.15, 0.2) is 0 Å². The first-order valence-electron chi connectivity index (χ1n) is 6.17. The summed E-state index contributed by atoms with van der Waals surface area (Å²) in [5, 5.41) is 0. The van der Waals surface area contributed by atoms with Gasteiger partial charge in [-0.2, -0.15) is 0 Å². The molecule has 4 heteroatoms. The molecule has 0 aliphatic carbocycles. The number of aldehydes is 1. The molecule has 0 aromatic rings. The number of carbonyl (C=O) groups excluding carboxylic acids is 1. The molecule has 0 N–H and O–H groups in total. The Balaban J connectivity index is 3.07. The first-order valence-corrected chi connectivity index (χ1v) is 8.23. The fraction of sp³-hybridized carbons (Fsp3) is 0.917. The second-order valence-electron chi connectivity index (χ2n) is 4.41. The number of carbonyl (C=O) groups is 1. The summed E-state index contributed by atoms with van der Waals surface area (Å²) in [5.41, 5.74) is 0. The summed E-state index contributed by atoms with van der Waals surface area (Å²) in [5.74, 6) is 0.326. The minimum atomic E-state index is -2.76. The maximum absolute atomic E-state index is 10.8. The second-order valence-corrected chi connectivity index (χ2v) is 6.67. The third-order valence-corrected chi connectivity index (χ3v) is 3.62. The van der Waals surface area contributed by atoms with E-state index in [0.29, 0.717) is 12.2 Å². The molecule has 0 fully saturated rings. The fourth-order valence-corrected chi connectivity index (χ4v) is 2.38. The van der Waals surface area contributed by atoms with Gasteiger partial charge in [-0.1, -0.05) is 38.5 Å². The van der Waals surface area contributed by atoms with Crippen LogP contribution in [0.4, 0.5) is 0 Å². The highest BCUT2D eigenvalue weighted by atomic mass is 32.2. The third kappa shape index (κ3) is 13.6. The molecule has 0 rings (SSSR count). The number of rotatable bonds is 11. The number of hydrogen-bond donors (Lipinski definition) is 0. The Labute approximate surface area is 99.5 Å². The van der Waals surface area contributed by atoms with Gasteiger partial charge in [0, 0.05) is 18.4 Å². The average Bonchev–Trinajstić information content (AvgIpc) is 2.19. The molecule has 0 aliphatic rings. The van der Waals surface area contributed by atoms with Crippen molar-refractivity contribution >= 4 is 16.1 Å². The summed E-state index contributed by atoms with van der Waals surface area (Å²) in [7, 11) is -2.76. The Bertz CT molecular complexity index is 257. The molecule has 0 heterocycles. The van der Waals surface area contributed by atoms with E-state index in [9.17, 15) is 13.2 Å². The van der Waals surface area contributed by atoms with Gasteiger partial charge in [-0.25, -0.2) is 8.42 Å². The maximum atomic E-state index is 10.8. The van der Waals surface area contributed by atoms with Crippen molar-refractivity contribution < 1.29 is 13.2 Å². The summed E-state index contributed by atoms with van der Waals surface area (Å²) in [6, 6.07) is 0. The van der Waals surface area contributed by atoms with E-state index >= 15 is 0 Å². The molecule has 3 nitrogen and oxygen atoms in total. The van der Waals surface area contributed by atoms with Crippen LogP contribution in [0.2, 0.25) is 0 Å². The highest BCUT2D eigenvalue weighted by Crippen LogP contribution is 2.09. The minimum absolute atomic E-state index is 0.326. The van der Waals surface area contributed by atoms with Gasteiger partial charge in [0.2, 0.25) is 0 Å². The Hall–Kier alpha value is -0.380. The van der Waals surface area contributed by atoms with Crippen LogP contribution >= 0.6 is 0 Å². The second kappa shape index (κ2) is 9.82. The van der Waals surface area contributed by atoms with Gasteiger partial charge < -0.3 is 4.79 Å². The normalized spacial score (nSPS) is 11.6. The molecular weight excluding hydrogens is 224 g/mol. The lowest BCUT2D eigenvalue weighted by Crippen LogP contribution is -2.02. The molecule has 0 aliphatic heterocycles. The van der Waals surface area contributed by atoms with Crippen molar-refractivity contribution in [3.63, 3.8) is 0 Å². The Morgan fingerprint density at radius 2 is 1.25 bits per heavy atom. The summed E-state index contributed by atoms with van der Waals surface area (Å²) in [4.78, 5) is 10.0. The van der Waals surface area contributed by atoms with Crippen molar-refractivity contribution in [1.82, 2.24) is 0 Å². The van der Waals surface area contributed by atoms with Crippen LogP contribution in [0.25, 0.3) is 0 Å². The monoisotopic (exact) mass is 248 g/mol. The van der Waals surface area contributed by atoms with E-state index in [0.717, 1.165) is 38.4 Å². The lowest BCUT2D eigenvalue weighted by molar-refractivity contribution is -0.107. The Kier molecular flexibility index (Phi) is 9.59. The molecule has 96 valence electrons. The molecule has 0 saturated carbocycles. The molecular formula is C12H24O3S. The molecule has 0 saturated heterocycles. The average molecular weight is 248 g/mol. The topological polar surface area (TPSA) is 51.2 Å². The molecule has 0 atom stereocenters. The number of sulfone groups is 1. The lowest BCUT2D eigenvalue weighted by atomic mass is 10.1. The van der Waals surface area contributed by atoms with Crippen LogP contribution in [-0.4, -0.2) is 26.7 Å². The molecule has 0 radical (unpaired) electrons. The van der Waals surface area contributed by atoms with Crippen molar-refractivity contribution in [1.29, 1.82) is 0 Å². The number of hydrogen-bond acceptors (Lipinski definition) is 3. The molecule has 0 aromatic carbocycles. The summed E-state index contributed by atoms with van der Waals surface area (Å²) >= 11 is 0. The molecule has 0 aromatic heterocycles. The SMILES string of the molecule is CS(=O)(=O)CCCCCCCCCCC=O. The number of unbranched alkanes of at least 4 members (excludes halogenated alkanes) is 8. The van der Waals surface area contributed by atoms with Crippen LogP contribution in [0.5, 0.6) is 0 Å². The van der Waals surface area contributed by atoms with Crippen LogP contribution in [0.15, 0.2) is 0 Å². The van der Waals surface area contributed by atoms with Gasteiger partial charge in [0.1, 0.15) is 16.1 Å². The van der Waals surface area contributed by atoms with E-state index in [1.807, 2.05) is 0 Å². The first kappa shape index (κ1) is 15.6. The third-order valence-electron chi connectivity index (χ3n) is 2.59. The predicted molar refractivity (Wildman–Crippen MR) is 67.3 cm³/mol. The molecule has 0 unspecified atom stereocenters. The Morgan fingerprint density at radius 1 is 0.812 bits per heavy atom. The van der Waals surface area contributed by atoms with Crippen molar-refractivity contribution in [2.45, 2.75) is 57.8 Å². The van der Waals surface area contributed by atoms with Crippen molar-refractivity contribution in [2.75, 3.05) is 12.0 Å². The van der Waals surface area contributed by atoms with E-state index in [2.05, 4.69) is 0 Å². The summed E-state index contributed by atoms with van der Waals surface area (Å²) in [6.07, 6.45) is 11.6. The highest BCUT2D eigenvalue weighted by molar-refractivity contribution is 7.90. The van der Waals surface area contributed by atoms with Gasteiger partial charge in [-0.3, -0.25) is 0 Å². The van der Waals surface area contributed by atoms with Gasteiger partial charge >= 0.3 is 0 Å². The zero-order valence-corrected chi connectivity index (χ0v) is 11.1. The lowest BCUT2D eigenvalue weighted by Gasteiger charge is -2.01. The van der Waals surface area contributed by atoms with E-state index in [4.69, 9.17) is 0 Å². The van der Waals surface area contributed by atoms with Crippen LogP contribution < -0.4 is 0 Å². The smallest absolute Gasteiger partial charge is 0.147 e. The van der Waals surface area contributed by atoms with Gasteiger partial charge in [-0.15, -0.1) is 0 Å². The molecule has 16 heavy (non-hydrogen) atoms. The van der Waals surface area contributed by atoms with Crippen LogP contribution in [-0.2, 0) is 14.6 Å². The van der Waals surface area contributed by atoms with Crippen LogP contribution in [0, 0.1) is 0 Å². The minimum Gasteiger partial charge on any atom is -0.303 e. The molecule has 0 spiro atoms. The quantitative estimate of drug-likeness (QED) is 0.417. The van der Waals surface area contributed by atoms with Crippen molar-refractivity contribution in [3.8, 4) is 0 Å². The van der Waals surface area contributed by atoms with Gasteiger partial charge in [-0.05, 0) is 12.8 Å². The zero-order valence-electron chi connectivity index (χ0n) is 10.3. The summed E-state index contributed by atoms with van der Waals surface area (Å²) in [6.45, 7) is 0. The predicted octanol–water partition coefficient (Wildman–Crippen LogP) is 2.74. The van der Waals surface area contributed by atoms with E-state index in [-0.39, 0.29) is 0 Å². The van der Waals surface area contributed by atoms with Crippen LogP contribution in [0.1, 0.15) is 57.8 Å². The largest absolute Gasteiger partial charge is 0.303 e. The fourth-order valence-electron chi connectivity index (χ4n) is 1.65. The van der Waals surface area contributed by atoms with Crippen molar-refractivity contribution in [3.05, 3.63) is 0 Å². The maximum Gasteiger partial charge on any atom is 0.147 e. The summed E-state index contributed by atoms with van der Waals surface area (Å²) < 4.78 is 21.7. The van der Waals surface area contributed by atoms with Crippen LogP contribution in [0.3, 0.4) is 0 Å². The zero-order chi connectivity index (χ0) is 12.3. The van der Waals surface area contributed by atoms with E-state index in [1.54, 1.807) is 0 Å². The van der Waals surface area contributed by atoms with E-state index in [1.165, 1.54) is 25.5 Å².